The third-order valence-electron chi connectivity index (χ3n) is 4.03. The minimum Gasteiger partial charge on any atom is -0.308 e. The highest BCUT2D eigenvalue weighted by molar-refractivity contribution is 7.10. The Hall–Kier alpha value is -0.380. The van der Waals surface area contributed by atoms with Gasteiger partial charge in [-0.15, -0.1) is 11.3 Å². The summed E-state index contributed by atoms with van der Waals surface area (Å²) in [4.78, 5) is 4.08. The van der Waals surface area contributed by atoms with Crippen LogP contribution in [0.4, 0.5) is 0 Å². The van der Waals surface area contributed by atoms with Crippen LogP contribution < -0.4 is 5.32 Å². The zero-order valence-electron chi connectivity index (χ0n) is 11.7. The molecule has 0 spiro atoms. The Labute approximate surface area is 115 Å². The Morgan fingerprint density at radius 3 is 3.17 bits per heavy atom. The van der Waals surface area contributed by atoms with Crippen LogP contribution in [0, 0.1) is 5.92 Å². The molecule has 1 aromatic rings. The molecule has 2 nitrogen and oxygen atoms in total. The van der Waals surface area contributed by atoms with E-state index in [9.17, 15) is 0 Å². The Morgan fingerprint density at radius 2 is 2.44 bits per heavy atom. The molecule has 2 heterocycles. The van der Waals surface area contributed by atoms with Gasteiger partial charge in [0.25, 0.3) is 0 Å². The number of rotatable bonds is 6. The molecule has 2 atom stereocenters. The molecule has 2 rings (SSSR count). The third kappa shape index (κ3) is 4.08. The Balaban J connectivity index is 1.66. The summed E-state index contributed by atoms with van der Waals surface area (Å²) < 4.78 is 0. The molecule has 1 aromatic heterocycles. The van der Waals surface area contributed by atoms with Crippen molar-refractivity contribution in [1.29, 1.82) is 0 Å². The molecular formula is C15H26N2S. The van der Waals surface area contributed by atoms with Gasteiger partial charge in [0.05, 0.1) is 0 Å². The van der Waals surface area contributed by atoms with Gasteiger partial charge in [-0.05, 0) is 43.7 Å². The van der Waals surface area contributed by atoms with Gasteiger partial charge in [-0.2, -0.15) is 0 Å². The number of nitrogens with one attached hydrogen (secondary N) is 1. The summed E-state index contributed by atoms with van der Waals surface area (Å²) in [6, 6.07) is 4.85. The van der Waals surface area contributed by atoms with Gasteiger partial charge in [0.15, 0.2) is 0 Å². The lowest BCUT2D eigenvalue weighted by Gasteiger charge is -2.32. The summed E-state index contributed by atoms with van der Waals surface area (Å²) >= 11 is 1.84. The fraction of sp³-hybridized carbons (Fsp3) is 0.733. The number of likely N-dealkylation sites (tertiary alicyclic amines) is 1. The van der Waals surface area contributed by atoms with Gasteiger partial charge in [-0.25, -0.2) is 0 Å². The molecule has 18 heavy (non-hydrogen) atoms. The van der Waals surface area contributed by atoms with E-state index >= 15 is 0 Å². The molecule has 1 aliphatic heterocycles. The second-order valence-corrected chi connectivity index (χ2v) is 6.39. The van der Waals surface area contributed by atoms with E-state index in [1.54, 1.807) is 0 Å². The van der Waals surface area contributed by atoms with E-state index in [2.05, 4.69) is 41.6 Å². The molecule has 1 saturated heterocycles. The molecule has 2 unspecified atom stereocenters. The van der Waals surface area contributed by atoms with Crippen LogP contribution >= 0.6 is 11.3 Å². The van der Waals surface area contributed by atoms with E-state index in [0.29, 0.717) is 6.04 Å². The molecule has 1 fully saturated rings. The highest BCUT2D eigenvalue weighted by Crippen LogP contribution is 2.19. The summed E-state index contributed by atoms with van der Waals surface area (Å²) in [5.74, 6) is 0.938. The maximum atomic E-state index is 3.63. The normalized spacial score (nSPS) is 23.1. The topological polar surface area (TPSA) is 15.3 Å². The van der Waals surface area contributed by atoms with Gasteiger partial charge in [0.1, 0.15) is 0 Å². The van der Waals surface area contributed by atoms with Crippen molar-refractivity contribution < 1.29 is 0 Å². The van der Waals surface area contributed by atoms with E-state index in [1.165, 1.54) is 43.8 Å². The predicted molar refractivity (Wildman–Crippen MR) is 80.2 cm³/mol. The van der Waals surface area contributed by atoms with Crippen LogP contribution in [0.3, 0.4) is 0 Å². The van der Waals surface area contributed by atoms with Gasteiger partial charge in [-0.3, -0.25) is 0 Å². The zero-order valence-corrected chi connectivity index (χ0v) is 12.5. The highest BCUT2D eigenvalue weighted by atomic mass is 32.1. The lowest BCUT2D eigenvalue weighted by Crippen LogP contribution is -2.39. The number of hydrogen-bond donors (Lipinski definition) is 1. The molecule has 0 bridgehead atoms. The van der Waals surface area contributed by atoms with Gasteiger partial charge >= 0.3 is 0 Å². The van der Waals surface area contributed by atoms with E-state index < -0.39 is 0 Å². The van der Waals surface area contributed by atoms with Crippen molar-refractivity contribution in [3.05, 3.63) is 22.4 Å². The average molecular weight is 266 g/mol. The smallest absolute Gasteiger partial charge is 0.0386 e. The maximum Gasteiger partial charge on any atom is 0.0386 e. The number of hydrogen-bond acceptors (Lipinski definition) is 3. The van der Waals surface area contributed by atoms with Crippen LogP contribution in [0.25, 0.3) is 0 Å². The fourth-order valence-corrected chi connectivity index (χ4v) is 3.52. The van der Waals surface area contributed by atoms with Crippen molar-refractivity contribution in [3.63, 3.8) is 0 Å². The van der Waals surface area contributed by atoms with E-state index in [1.807, 2.05) is 11.3 Å². The first-order chi connectivity index (χ1) is 8.79. The van der Waals surface area contributed by atoms with Crippen LogP contribution in [-0.2, 0) is 0 Å². The lowest BCUT2D eigenvalue weighted by atomic mass is 9.96. The van der Waals surface area contributed by atoms with Crippen molar-refractivity contribution in [2.75, 3.05) is 26.2 Å². The zero-order chi connectivity index (χ0) is 12.8. The van der Waals surface area contributed by atoms with Crippen molar-refractivity contribution >= 4 is 11.3 Å². The van der Waals surface area contributed by atoms with Crippen LogP contribution in [0.15, 0.2) is 17.5 Å². The molecule has 0 radical (unpaired) electrons. The van der Waals surface area contributed by atoms with Crippen LogP contribution in [0.2, 0.25) is 0 Å². The molecule has 1 N–H and O–H groups in total. The maximum absolute atomic E-state index is 3.63. The van der Waals surface area contributed by atoms with Gasteiger partial charge in [-0.1, -0.05) is 19.4 Å². The molecule has 3 heteroatoms. The van der Waals surface area contributed by atoms with Crippen molar-refractivity contribution in [3.8, 4) is 0 Å². The van der Waals surface area contributed by atoms with E-state index in [4.69, 9.17) is 0 Å². The van der Waals surface area contributed by atoms with Gasteiger partial charge < -0.3 is 10.2 Å². The summed E-state index contributed by atoms with van der Waals surface area (Å²) in [6.45, 7) is 9.50. The lowest BCUT2D eigenvalue weighted by molar-refractivity contribution is 0.171. The number of nitrogens with zero attached hydrogens (tertiary/aromatic N) is 1. The van der Waals surface area contributed by atoms with Crippen molar-refractivity contribution in [1.82, 2.24) is 10.2 Å². The van der Waals surface area contributed by atoms with E-state index in [-0.39, 0.29) is 0 Å². The molecule has 102 valence electrons. The molecule has 0 aromatic carbocycles. The summed E-state index contributed by atoms with van der Waals surface area (Å²) in [7, 11) is 0. The number of thiophene rings is 1. The average Bonchev–Trinajstić information content (AvgIpc) is 2.93. The first-order valence-electron chi connectivity index (χ1n) is 7.28. The van der Waals surface area contributed by atoms with Gasteiger partial charge in [0.2, 0.25) is 0 Å². The SMILES string of the molecule is CCC1CCCN(CCNC(C)c2cccs2)C1. The Bertz CT molecular complexity index is 323. The monoisotopic (exact) mass is 266 g/mol. The summed E-state index contributed by atoms with van der Waals surface area (Å²) in [5.41, 5.74) is 0. The molecule has 0 saturated carbocycles. The third-order valence-corrected chi connectivity index (χ3v) is 5.08. The van der Waals surface area contributed by atoms with E-state index in [0.717, 1.165) is 12.5 Å². The highest BCUT2D eigenvalue weighted by Gasteiger charge is 2.17. The van der Waals surface area contributed by atoms with Crippen LogP contribution in [-0.4, -0.2) is 31.1 Å². The summed E-state index contributed by atoms with van der Waals surface area (Å²) in [6.07, 6.45) is 4.17. The molecule has 1 aliphatic rings. The quantitative estimate of drug-likeness (QED) is 0.847. The summed E-state index contributed by atoms with van der Waals surface area (Å²) in [5, 5.41) is 5.79. The number of piperidine rings is 1. The Kier molecular flexibility index (Phi) is 5.67. The predicted octanol–water partition coefficient (Wildman–Crippen LogP) is 3.52. The minimum absolute atomic E-state index is 0.497. The van der Waals surface area contributed by atoms with Crippen molar-refractivity contribution in [2.45, 2.75) is 39.2 Å². The standard InChI is InChI=1S/C15H26N2S/c1-3-14-6-4-9-17(12-14)10-8-16-13(2)15-7-5-11-18-15/h5,7,11,13-14,16H,3-4,6,8-10,12H2,1-2H3. The second kappa shape index (κ2) is 7.27. The molecule has 0 amide bonds. The second-order valence-electron chi connectivity index (χ2n) is 5.41. The first-order valence-corrected chi connectivity index (χ1v) is 8.16. The fourth-order valence-electron chi connectivity index (χ4n) is 2.77. The molecule has 0 aliphatic carbocycles. The molecular weight excluding hydrogens is 240 g/mol. The first kappa shape index (κ1) is 14.0. The Morgan fingerprint density at radius 1 is 1.56 bits per heavy atom. The minimum atomic E-state index is 0.497. The van der Waals surface area contributed by atoms with Gasteiger partial charge in [0, 0.05) is 30.6 Å². The largest absolute Gasteiger partial charge is 0.308 e. The van der Waals surface area contributed by atoms with Crippen molar-refractivity contribution in [2.24, 2.45) is 5.92 Å². The van der Waals surface area contributed by atoms with Crippen LogP contribution in [0.1, 0.15) is 44.0 Å². The van der Waals surface area contributed by atoms with Crippen LogP contribution in [0.5, 0.6) is 0 Å².